The van der Waals surface area contributed by atoms with E-state index in [-0.39, 0.29) is 12.4 Å². The van der Waals surface area contributed by atoms with Crippen molar-refractivity contribution >= 4 is 0 Å². The Bertz CT molecular complexity index is 479. The summed E-state index contributed by atoms with van der Waals surface area (Å²) in [5, 5.41) is 9.02. The molecule has 1 heterocycles. The first-order valence-electron chi connectivity index (χ1n) is 4.52. The van der Waals surface area contributed by atoms with Crippen LogP contribution < -0.4 is 0 Å². The molecule has 1 N–H and O–H groups in total. The number of aromatic nitrogens is 1. The number of benzene rings is 1. The molecular weight excluding hydrogens is 197 g/mol. The largest absolute Gasteiger partial charge is 0.443 e. The Balaban J connectivity index is 2.54. The number of halogens is 1. The number of hydrogen-bond donors (Lipinski definition) is 1. The molecule has 0 unspecified atom stereocenters. The van der Waals surface area contributed by atoms with E-state index in [1.807, 2.05) is 0 Å². The molecule has 0 aliphatic heterocycles. The van der Waals surface area contributed by atoms with Gasteiger partial charge in [0, 0.05) is 5.56 Å². The summed E-state index contributed by atoms with van der Waals surface area (Å²) in [6.07, 6.45) is 1.27. The van der Waals surface area contributed by atoms with Crippen molar-refractivity contribution in [1.29, 1.82) is 0 Å². The van der Waals surface area contributed by atoms with Crippen LogP contribution in [0.4, 0.5) is 4.39 Å². The summed E-state index contributed by atoms with van der Waals surface area (Å²) in [5.41, 5.74) is 1.96. The van der Waals surface area contributed by atoms with Gasteiger partial charge in [-0.3, -0.25) is 0 Å². The second-order valence-electron chi connectivity index (χ2n) is 3.25. The molecule has 78 valence electrons. The average molecular weight is 207 g/mol. The van der Waals surface area contributed by atoms with Gasteiger partial charge in [-0.05, 0) is 30.7 Å². The quantitative estimate of drug-likeness (QED) is 0.821. The predicted molar refractivity (Wildman–Crippen MR) is 52.6 cm³/mol. The summed E-state index contributed by atoms with van der Waals surface area (Å²) in [6.45, 7) is 1.59. The Morgan fingerprint density at radius 2 is 2.27 bits per heavy atom. The van der Waals surface area contributed by atoms with Crippen LogP contribution in [0, 0.1) is 12.7 Å². The lowest BCUT2D eigenvalue weighted by Crippen LogP contribution is -1.89. The van der Waals surface area contributed by atoms with Gasteiger partial charge in [0.2, 0.25) is 0 Å². The molecule has 15 heavy (non-hydrogen) atoms. The van der Waals surface area contributed by atoms with E-state index in [4.69, 9.17) is 9.52 Å². The minimum Gasteiger partial charge on any atom is -0.443 e. The average Bonchev–Trinajstić information content (AvgIpc) is 2.65. The fraction of sp³-hybridized carbons (Fsp3) is 0.182. The minimum absolute atomic E-state index is 0.192. The van der Waals surface area contributed by atoms with Crippen LogP contribution >= 0.6 is 0 Å². The normalized spacial score (nSPS) is 10.6. The van der Waals surface area contributed by atoms with E-state index in [1.54, 1.807) is 13.0 Å². The summed E-state index contributed by atoms with van der Waals surface area (Å²) in [5.74, 6) is 0.205. The van der Waals surface area contributed by atoms with Crippen molar-refractivity contribution in [2.75, 3.05) is 0 Å². The lowest BCUT2D eigenvalue weighted by molar-refractivity contribution is 0.277. The molecule has 3 nitrogen and oxygen atoms in total. The second kappa shape index (κ2) is 3.82. The molecule has 4 heteroatoms. The van der Waals surface area contributed by atoms with Crippen molar-refractivity contribution in [3.8, 4) is 11.3 Å². The molecule has 1 aromatic carbocycles. The second-order valence-corrected chi connectivity index (χ2v) is 3.25. The minimum atomic E-state index is -0.290. The highest BCUT2D eigenvalue weighted by Crippen LogP contribution is 2.26. The van der Waals surface area contributed by atoms with Gasteiger partial charge in [-0.1, -0.05) is 0 Å². The van der Waals surface area contributed by atoms with Crippen LogP contribution in [0.15, 0.2) is 29.0 Å². The zero-order chi connectivity index (χ0) is 10.8. The van der Waals surface area contributed by atoms with Crippen molar-refractivity contribution in [1.82, 2.24) is 4.98 Å². The summed E-state index contributed by atoms with van der Waals surface area (Å²) in [6, 6.07) is 4.38. The summed E-state index contributed by atoms with van der Waals surface area (Å²) >= 11 is 0. The van der Waals surface area contributed by atoms with Gasteiger partial charge in [0.05, 0.1) is 6.61 Å². The number of hydrogen-bond acceptors (Lipinski definition) is 3. The molecule has 0 amide bonds. The van der Waals surface area contributed by atoms with E-state index >= 15 is 0 Å². The van der Waals surface area contributed by atoms with Crippen LogP contribution in [0.5, 0.6) is 0 Å². The summed E-state index contributed by atoms with van der Waals surface area (Å²) < 4.78 is 18.0. The van der Waals surface area contributed by atoms with Crippen LogP contribution in [0.1, 0.15) is 11.3 Å². The molecule has 0 radical (unpaired) electrons. The highest BCUT2D eigenvalue weighted by Gasteiger charge is 2.12. The monoisotopic (exact) mass is 207 g/mol. The third kappa shape index (κ3) is 1.76. The van der Waals surface area contributed by atoms with Crippen molar-refractivity contribution in [2.24, 2.45) is 0 Å². The zero-order valence-electron chi connectivity index (χ0n) is 8.20. The number of aliphatic hydroxyl groups is 1. The first-order valence-corrected chi connectivity index (χ1v) is 4.52. The predicted octanol–water partition coefficient (Wildman–Crippen LogP) is 2.28. The molecule has 0 saturated heterocycles. The summed E-state index contributed by atoms with van der Waals surface area (Å²) in [7, 11) is 0. The lowest BCUT2D eigenvalue weighted by atomic mass is 10.1. The maximum Gasteiger partial charge on any atom is 0.181 e. The third-order valence-electron chi connectivity index (χ3n) is 2.22. The van der Waals surface area contributed by atoms with Crippen molar-refractivity contribution in [2.45, 2.75) is 13.5 Å². The van der Waals surface area contributed by atoms with Crippen LogP contribution in [-0.2, 0) is 6.61 Å². The first kappa shape index (κ1) is 9.86. The van der Waals surface area contributed by atoms with E-state index < -0.39 is 0 Å². The smallest absolute Gasteiger partial charge is 0.181 e. The van der Waals surface area contributed by atoms with E-state index in [1.165, 1.54) is 18.5 Å². The van der Waals surface area contributed by atoms with E-state index in [0.29, 0.717) is 11.5 Å². The number of nitrogens with zero attached hydrogens (tertiary/aromatic N) is 1. The van der Waals surface area contributed by atoms with Crippen LogP contribution in [0.25, 0.3) is 11.3 Å². The van der Waals surface area contributed by atoms with Crippen molar-refractivity contribution in [3.05, 3.63) is 41.7 Å². The van der Waals surface area contributed by atoms with Gasteiger partial charge < -0.3 is 9.52 Å². The fourth-order valence-electron chi connectivity index (χ4n) is 1.48. The van der Waals surface area contributed by atoms with Crippen molar-refractivity contribution in [3.63, 3.8) is 0 Å². The fourth-order valence-corrected chi connectivity index (χ4v) is 1.48. The molecule has 0 aliphatic rings. The molecule has 0 atom stereocenters. The van der Waals surface area contributed by atoms with E-state index in [9.17, 15) is 4.39 Å². The number of rotatable bonds is 2. The Morgan fingerprint density at radius 1 is 1.47 bits per heavy atom. The topological polar surface area (TPSA) is 46.3 Å². The van der Waals surface area contributed by atoms with Gasteiger partial charge in [-0.2, -0.15) is 0 Å². The zero-order valence-corrected chi connectivity index (χ0v) is 8.20. The number of oxazole rings is 1. The molecule has 2 rings (SSSR count). The Labute approximate surface area is 86.2 Å². The molecule has 2 aromatic rings. The third-order valence-corrected chi connectivity index (χ3v) is 2.22. The van der Waals surface area contributed by atoms with Crippen LogP contribution in [0.2, 0.25) is 0 Å². The van der Waals surface area contributed by atoms with Gasteiger partial charge in [-0.15, -0.1) is 0 Å². The highest BCUT2D eigenvalue weighted by atomic mass is 19.1. The van der Waals surface area contributed by atoms with Gasteiger partial charge in [-0.25, -0.2) is 9.37 Å². The van der Waals surface area contributed by atoms with Gasteiger partial charge in [0.25, 0.3) is 0 Å². The molecular formula is C11H10FNO2. The van der Waals surface area contributed by atoms with E-state index in [2.05, 4.69) is 4.98 Å². The van der Waals surface area contributed by atoms with Crippen LogP contribution in [0.3, 0.4) is 0 Å². The summed E-state index contributed by atoms with van der Waals surface area (Å²) in [4.78, 5) is 3.86. The molecule has 0 saturated carbocycles. The SMILES string of the molecule is Cc1cc(F)ccc1-c1ocnc1CO. The molecule has 0 bridgehead atoms. The number of aryl methyl sites for hydroxylation is 1. The Hall–Kier alpha value is -1.68. The number of aliphatic hydroxyl groups excluding tert-OH is 1. The maximum atomic E-state index is 12.9. The maximum absolute atomic E-state index is 12.9. The van der Waals surface area contributed by atoms with Gasteiger partial charge in [0.1, 0.15) is 11.5 Å². The van der Waals surface area contributed by atoms with E-state index in [0.717, 1.165) is 11.1 Å². The molecule has 1 aromatic heterocycles. The van der Waals surface area contributed by atoms with Gasteiger partial charge >= 0.3 is 0 Å². The van der Waals surface area contributed by atoms with Crippen molar-refractivity contribution < 1.29 is 13.9 Å². The Morgan fingerprint density at radius 3 is 2.93 bits per heavy atom. The van der Waals surface area contributed by atoms with Gasteiger partial charge in [0.15, 0.2) is 12.2 Å². The standard InChI is InChI=1S/C11H10FNO2/c1-7-4-8(12)2-3-9(7)11-10(5-14)13-6-15-11/h2-4,6,14H,5H2,1H3. The Kier molecular flexibility index (Phi) is 2.51. The first-order chi connectivity index (χ1) is 7.22. The highest BCUT2D eigenvalue weighted by molar-refractivity contribution is 5.63. The molecule has 0 aliphatic carbocycles. The van der Waals surface area contributed by atoms with Crippen LogP contribution in [-0.4, -0.2) is 10.1 Å². The molecule has 0 spiro atoms. The molecule has 0 fully saturated rings. The lowest BCUT2D eigenvalue weighted by Gasteiger charge is -2.03.